The Morgan fingerprint density at radius 1 is 0.654 bits per heavy atom. The molecular formula is C19H29NO6. The van der Waals surface area contributed by atoms with Gasteiger partial charge in [-0.3, -0.25) is 0 Å². The van der Waals surface area contributed by atoms with Crippen LogP contribution in [0.2, 0.25) is 0 Å². The Balaban J connectivity index is 1.73. The van der Waals surface area contributed by atoms with E-state index in [0.717, 1.165) is 5.75 Å². The maximum Gasteiger partial charge on any atom is 0.119 e. The van der Waals surface area contributed by atoms with E-state index < -0.39 is 0 Å². The molecule has 0 unspecified atom stereocenters. The van der Waals surface area contributed by atoms with Crippen molar-refractivity contribution in [2.24, 2.45) is 0 Å². The zero-order valence-electron chi connectivity index (χ0n) is 15.2. The lowest BCUT2D eigenvalue weighted by Crippen LogP contribution is -2.14. The molecule has 0 aliphatic carbocycles. The number of hydrogen-bond donors (Lipinski definition) is 1. The summed E-state index contributed by atoms with van der Waals surface area (Å²) in [6.07, 6.45) is 5.05. The number of benzene rings is 1. The Morgan fingerprint density at radius 3 is 1.54 bits per heavy atom. The Hall–Kier alpha value is -1.82. The van der Waals surface area contributed by atoms with E-state index in [9.17, 15) is 0 Å². The Labute approximate surface area is 155 Å². The van der Waals surface area contributed by atoms with Crippen LogP contribution in [0.15, 0.2) is 24.3 Å². The maximum atomic E-state index is 5.60. The first-order valence-corrected chi connectivity index (χ1v) is 8.63. The summed E-state index contributed by atoms with van der Waals surface area (Å²) < 4.78 is 32.1. The molecule has 2 N–H and O–H groups in total. The van der Waals surface area contributed by atoms with Crippen molar-refractivity contribution in [3.8, 4) is 18.1 Å². The highest BCUT2D eigenvalue weighted by Gasteiger charge is 1.95. The standard InChI is InChI=1S/C19H29NO6/c1-2-7-21-8-9-22-10-11-23-12-13-24-14-15-25-16-17-26-19-5-3-18(20)4-6-19/h1,3-6H,7-17,20H2. The highest BCUT2D eigenvalue weighted by atomic mass is 16.6. The molecule has 0 fully saturated rings. The fourth-order valence-electron chi connectivity index (χ4n) is 1.79. The second-order valence-electron chi connectivity index (χ2n) is 5.12. The van der Waals surface area contributed by atoms with Gasteiger partial charge in [0.25, 0.3) is 0 Å². The normalized spacial score (nSPS) is 10.6. The molecule has 0 amide bonds. The maximum absolute atomic E-state index is 5.60. The summed E-state index contributed by atoms with van der Waals surface area (Å²) in [6.45, 7) is 5.46. The van der Waals surface area contributed by atoms with Crippen molar-refractivity contribution in [3.63, 3.8) is 0 Å². The minimum Gasteiger partial charge on any atom is -0.491 e. The number of rotatable bonds is 17. The number of terminal acetylenes is 1. The number of ether oxygens (including phenoxy) is 6. The minimum atomic E-state index is 0.316. The summed E-state index contributed by atoms with van der Waals surface area (Å²) in [4.78, 5) is 0. The molecule has 0 aliphatic heterocycles. The molecule has 0 saturated carbocycles. The molecule has 0 bridgehead atoms. The van der Waals surface area contributed by atoms with Crippen LogP contribution in [-0.4, -0.2) is 72.7 Å². The van der Waals surface area contributed by atoms with Gasteiger partial charge in [-0.2, -0.15) is 0 Å². The summed E-state index contributed by atoms with van der Waals surface area (Å²) in [5, 5.41) is 0. The van der Waals surface area contributed by atoms with Gasteiger partial charge < -0.3 is 34.2 Å². The van der Waals surface area contributed by atoms with Gasteiger partial charge in [-0.15, -0.1) is 6.42 Å². The summed E-state index contributed by atoms with van der Waals surface area (Å²) in [5.74, 6) is 3.17. The minimum absolute atomic E-state index is 0.316. The van der Waals surface area contributed by atoms with Gasteiger partial charge in [0.2, 0.25) is 0 Å². The molecule has 1 aromatic rings. The lowest BCUT2D eigenvalue weighted by atomic mass is 10.3. The molecule has 0 saturated heterocycles. The van der Waals surface area contributed by atoms with E-state index in [1.165, 1.54) is 0 Å². The van der Waals surface area contributed by atoms with Crippen LogP contribution in [0.3, 0.4) is 0 Å². The van der Waals surface area contributed by atoms with E-state index in [-0.39, 0.29) is 0 Å². The van der Waals surface area contributed by atoms with Gasteiger partial charge in [-0.25, -0.2) is 0 Å². The molecule has 0 aliphatic rings. The molecule has 0 aromatic heterocycles. The van der Waals surface area contributed by atoms with Crippen LogP contribution in [0.25, 0.3) is 0 Å². The third-order valence-electron chi connectivity index (χ3n) is 3.05. The van der Waals surface area contributed by atoms with Crippen LogP contribution < -0.4 is 10.5 Å². The van der Waals surface area contributed by atoms with Crippen LogP contribution in [0, 0.1) is 12.3 Å². The largest absolute Gasteiger partial charge is 0.491 e. The first-order valence-electron chi connectivity index (χ1n) is 8.63. The quantitative estimate of drug-likeness (QED) is 0.253. The number of nitrogen functional groups attached to an aromatic ring is 1. The molecule has 146 valence electrons. The van der Waals surface area contributed by atoms with Crippen molar-refractivity contribution in [2.45, 2.75) is 0 Å². The van der Waals surface area contributed by atoms with Crippen molar-refractivity contribution in [2.75, 3.05) is 78.4 Å². The molecule has 0 spiro atoms. The zero-order chi connectivity index (χ0) is 18.7. The highest BCUT2D eigenvalue weighted by molar-refractivity contribution is 5.41. The average molecular weight is 367 g/mol. The van der Waals surface area contributed by atoms with Gasteiger partial charge in [0.15, 0.2) is 0 Å². The van der Waals surface area contributed by atoms with Gasteiger partial charge in [-0.05, 0) is 24.3 Å². The fourth-order valence-corrected chi connectivity index (χ4v) is 1.79. The van der Waals surface area contributed by atoms with E-state index in [2.05, 4.69) is 5.92 Å². The van der Waals surface area contributed by atoms with E-state index in [1.807, 2.05) is 12.1 Å². The lowest BCUT2D eigenvalue weighted by molar-refractivity contribution is -0.0110. The van der Waals surface area contributed by atoms with Crippen LogP contribution in [0.1, 0.15) is 0 Å². The Kier molecular flexibility index (Phi) is 14.2. The molecule has 26 heavy (non-hydrogen) atoms. The molecule has 7 heteroatoms. The second-order valence-corrected chi connectivity index (χ2v) is 5.12. The predicted octanol–water partition coefficient (Wildman–Crippen LogP) is 1.36. The monoisotopic (exact) mass is 367 g/mol. The number of anilines is 1. The van der Waals surface area contributed by atoms with E-state index in [4.69, 9.17) is 40.6 Å². The summed E-state index contributed by atoms with van der Waals surface area (Å²) in [5.41, 5.74) is 6.32. The molecule has 7 nitrogen and oxygen atoms in total. The first kappa shape index (κ1) is 22.2. The van der Waals surface area contributed by atoms with Crippen molar-refractivity contribution in [1.29, 1.82) is 0 Å². The van der Waals surface area contributed by atoms with Crippen molar-refractivity contribution >= 4 is 5.69 Å². The Bertz CT molecular complexity index is 474. The average Bonchev–Trinajstić information content (AvgIpc) is 2.66. The van der Waals surface area contributed by atoms with Crippen molar-refractivity contribution < 1.29 is 28.4 Å². The van der Waals surface area contributed by atoms with Crippen LogP contribution >= 0.6 is 0 Å². The fraction of sp³-hybridized carbons (Fsp3) is 0.579. The molecule has 1 aromatic carbocycles. The highest BCUT2D eigenvalue weighted by Crippen LogP contribution is 2.12. The molecule has 0 heterocycles. The van der Waals surface area contributed by atoms with Gasteiger partial charge >= 0.3 is 0 Å². The third kappa shape index (κ3) is 13.5. The third-order valence-corrected chi connectivity index (χ3v) is 3.05. The molecule has 0 atom stereocenters. The van der Waals surface area contributed by atoms with Crippen molar-refractivity contribution in [1.82, 2.24) is 0 Å². The lowest BCUT2D eigenvalue weighted by Gasteiger charge is -2.08. The topological polar surface area (TPSA) is 81.4 Å². The van der Waals surface area contributed by atoms with E-state index >= 15 is 0 Å². The number of nitrogens with two attached hydrogens (primary N) is 1. The van der Waals surface area contributed by atoms with Crippen LogP contribution in [0.4, 0.5) is 5.69 Å². The zero-order valence-corrected chi connectivity index (χ0v) is 15.2. The molecule has 1 rings (SSSR count). The first-order chi connectivity index (χ1) is 12.8. The van der Waals surface area contributed by atoms with Crippen LogP contribution in [0.5, 0.6) is 5.75 Å². The Morgan fingerprint density at radius 2 is 1.08 bits per heavy atom. The number of hydrogen-bond acceptors (Lipinski definition) is 7. The van der Waals surface area contributed by atoms with Gasteiger partial charge in [-0.1, -0.05) is 5.92 Å². The summed E-state index contributed by atoms with van der Waals surface area (Å²) in [7, 11) is 0. The van der Waals surface area contributed by atoms with Crippen LogP contribution in [-0.2, 0) is 23.7 Å². The van der Waals surface area contributed by atoms with E-state index in [0.29, 0.717) is 78.4 Å². The second kappa shape index (κ2) is 16.6. The molecule has 0 radical (unpaired) electrons. The molecular weight excluding hydrogens is 338 g/mol. The predicted molar refractivity (Wildman–Crippen MR) is 99.3 cm³/mol. The van der Waals surface area contributed by atoms with Gasteiger partial charge in [0.1, 0.15) is 19.0 Å². The van der Waals surface area contributed by atoms with Gasteiger partial charge in [0, 0.05) is 5.69 Å². The summed E-state index contributed by atoms with van der Waals surface area (Å²) in [6, 6.07) is 7.26. The van der Waals surface area contributed by atoms with Crippen molar-refractivity contribution in [3.05, 3.63) is 24.3 Å². The van der Waals surface area contributed by atoms with Gasteiger partial charge in [0.05, 0.1) is 59.5 Å². The summed E-state index contributed by atoms with van der Waals surface area (Å²) >= 11 is 0. The smallest absolute Gasteiger partial charge is 0.119 e. The SMILES string of the molecule is C#CCOCCOCCOCCOCCOCCOc1ccc(N)cc1. The van der Waals surface area contributed by atoms with E-state index in [1.54, 1.807) is 12.1 Å².